The second-order valence-corrected chi connectivity index (χ2v) is 4.86. The van der Waals surface area contributed by atoms with E-state index in [0.717, 1.165) is 22.5 Å². The lowest BCUT2D eigenvalue weighted by Crippen LogP contribution is -2.02. The van der Waals surface area contributed by atoms with Gasteiger partial charge in [-0.2, -0.15) is 5.26 Å². The molecule has 96 valence electrons. The number of aryl methyl sites for hydroxylation is 4. The molecule has 0 bridgehead atoms. The number of hydrogen-bond acceptors (Lipinski definition) is 3. The van der Waals surface area contributed by atoms with Crippen LogP contribution >= 0.6 is 0 Å². The molecule has 0 radical (unpaired) electrons. The maximum Gasteiger partial charge on any atom is 0.148 e. The van der Waals surface area contributed by atoms with E-state index in [9.17, 15) is 0 Å². The van der Waals surface area contributed by atoms with Gasteiger partial charge in [0.25, 0.3) is 0 Å². The van der Waals surface area contributed by atoms with E-state index >= 15 is 0 Å². The number of rotatable bonds is 2. The van der Waals surface area contributed by atoms with Crippen LogP contribution in [0.25, 0.3) is 0 Å². The van der Waals surface area contributed by atoms with Crippen molar-refractivity contribution in [2.75, 3.05) is 5.32 Å². The minimum absolute atomic E-state index is 0.560. The number of pyridine rings is 1. The van der Waals surface area contributed by atoms with E-state index in [-0.39, 0.29) is 0 Å². The molecule has 0 aliphatic heterocycles. The van der Waals surface area contributed by atoms with Crippen LogP contribution in [0.2, 0.25) is 0 Å². The van der Waals surface area contributed by atoms with Gasteiger partial charge in [-0.3, -0.25) is 0 Å². The molecule has 0 aliphatic rings. The van der Waals surface area contributed by atoms with E-state index in [0.29, 0.717) is 11.4 Å². The number of benzene rings is 1. The monoisotopic (exact) mass is 251 g/mol. The molecular weight excluding hydrogens is 234 g/mol. The normalized spacial score (nSPS) is 10.1. The summed E-state index contributed by atoms with van der Waals surface area (Å²) in [6.07, 6.45) is 0. The topological polar surface area (TPSA) is 48.7 Å². The van der Waals surface area contributed by atoms with Crippen LogP contribution in [0.1, 0.15) is 27.9 Å². The molecule has 19 heavy (non-hydrogen) atoms. The van der Waals surface area contributed by atoms with Crippen LogP contribution in [0.5, 0.6) is 0 Å². The van der Waals surface area contributed by atoms with Crippen LogP contribution in [-0.4, -0.2) is 4.98 Å². The average molecular weight is 251 g/mol. The van der Waals surface area contributed by atoms with E-state index in [1.165, 1.54) is 5.56 Å². The Kier molecular flexibility index (Phi) is 3.52. The Morgan fingerprint density at radius 1 is 1.05 bits per heavy atom. The summed E-state index contributed by atoms with van der Waals surface area (Å²) in [6, 6.07) is 10.1. The van der Waals surface area contributed by atoms with Crippen molar-refractivity contribution in [1.82, 2.24) is 4.98 Å². The highest BCUT2D eigenvalue weighted by atomic mass is 15.0. The molecule has 2 rings (SSSR count). The Morgan fingerprint density at radius 3 is 2.26 bits per heavy atom. The van der Waals surface area contributed by atoms with Gasteiger partial charge in [0.05, 0.1) is 5.56 Å². The zero-order chi connectivity index (χ0) is 14.0. The van der Waals surface area contributed by atoms with Crippen LogP contribution < -0.4 is 5.32 Å². The second-order valence-electron chi connectivity index (χ2n) is 4.86. The van der Waals surface area contributed by atoms with Crippen LogP contribution in [0.4, 0.5) is 11.5 Å². The predicted molar refractivity (Wildman–Crippen MR) is 77.6 cm³/mol. The van der Waals surface area contributed by atoms with Crippen molar-refractivity contribution in [3.05, 3.63) is 52.2 Å². The third kappa shape index (κ3) is 2.74. The number of anilines is 2. The third-order valence-electron chi connectivity index (χ3n) is 3.08. The Morgan fingerprint density at radius 2 is 1.68 bits per heavy atom. The minimum atomic E-state index is 0.560. The molecule has 1 heterocycles. The summed E-state index contributed by atoms with van der Waals surface area (Å²) < 4.78 is 0. The highest BCUT2D eigenvalue weighted by molar-refractivity contribution is 5.68. The maximum atomic E-state index is 9.14. The van der Waals surface area contributed by atoms with Gasteiger partial charge < -0.3 is 5.32 Å². The van der Waals surface area contributed by atoms with Crippen molar-refractivity contribution in [1.29, 1.82) is 5.26 Å². The Bertz CT molecular complexity index is 643. The van der Waals surface area contributed by atoms with Crippen molar-refractivity contribution in [3.8, 4) is 6.07 Å². The molecule has 0 fully saturated rings. The molecule has 0 spiro atoms. The molecule has 0 saturated carbocycles. The third-order valence-corrected chi connectivity index (χ3v) is 3.08. The fourth-order valence-corrected chi connectivity index (χ4v) is 2.24. The van der Waals surface area contributed by atoms with E-state index in [4.69, 9.17) is 5.26 Å². The smallest absolute Gasteiger partial charge is 0.148 e. The first-order valence-corrected chi connectivity index (χ1v) is 6.24. The van der Waals surface area contributed by atoms with Gasteiger partial charge in [-0.25, -0.2) is 4.98 Å². The summed E-state index contributed by atoms with van der Waals surface area (Å²) >= 11 is 0. The van der Waals surface area contributed by atoms with Gasteiger partial charge in [-0.05, 0) is 51.0 Å². The van der Waals surface area contributed by atoms with E-state index < -0.39 is 0 Å². The summed E-state index contributed by atoms with van der Waals surface area (Å²) in [5.74, 6) is 0.623. The quantitative estimate of drug-likeness (QED) is 0.879. The number of aromatic nitrogens is 1. The zero-order valence-corrected chi connectivity index (χ0v) is 11.7. The van der Waals surface area contributed by atoms with Gasteiger partial charge in [-0.1, -0.05) is 17.7 Å². The van der Waals surface area contributed by atoms with Gasteiger partial charge in [0, 0.05) is 11.4 Å². The lowest BCUT2D eigenvalue weighted by Gasteiger charge is -2.14. The minimum Gasteiger partial charge on any atom is -0.339 e. The Balaban J connectivity index is 2.48. The molecular formula is C16H17N3. The maximum absolute atomic E-state index is 9.14. The Hall–Kier alpha value is -2.34. The van der Waals surface area contributed by atoms with Crippen molar-refractivity contribution in [2.24, 2.45) is 0 Å². The SMILES string of the molecule is Cc1cc(C)c(Nc2nc(C)ccc2C#N)c(C)c1. The first-order valence-electron chi connectivity index (χ1n) is 6.24. The molecule has 0 aliphatic carbocycles. The molecule has 0 unspecified atom stereocenters. The van der Waals surface area contributed by atoms with Crippen LogP contribution in [-0.2, 0) is 0 Å². The lowest BCUT2D eigenvalue weighted by molar-refractivity contribution is 1.18. The van der Waals surface area contributed by atoms with Crippen molar-refractivity contribution < 1.29 is 0 Å². The standard InChI is InChI=1S/C16H17N3/c1-10-7-11(2)15(12(3)8-10)19-16-14(9-17)6-5-13(4)18-16/h5-8H,1-4H3,(H,18,19). The van der Waals surface area contributed by atoms with Gasteiger partial charge in [0.2, 0.25) is 0 Å². The molecule has 2 aromatic rings. The number of nitrogens with one attached hydrogen (secondary N) is 1. The van der Waals surface area contributed by atoms with E-state index in [1.54, 1.807) is 6.07 Å². The summed E-state index contributed by atoms with van der Waals surface area (Å²) in [6.45, 7) is 8.12. The van der Waals surface area contributed by atoms with Crippen molar-refractivity contribution in [3.63, 3.8) is 0 Å². The van der Waals surface area contributed by atoms with Gasteiger partial charge >= 0.3 is 0 Å². The van der Waals surface area contributed by atoms with Crippen molar-refractivity contribution >= 4 is 11.5 Å². The highest BCUT2D eigenvalue weighted by Gasteiger charge is 2.08. The summed E-state index contributed by atoms with van der Waals surface area (Å²) in [5.41, 5.74) is 6.03. The molecule has 1 aromatic carbocycles. The Labute approximate surface area is 113 Å². The molecule has 0 amide bonds. The largest absolute Gasteiger partial charge is 0.339 e. The van der Waals surface area contributed by atoms with Crippen LogP contribution in [0.3, 0.4) is 0 Å². The fraction of sp³-hybridized carbons (Fsp3) is 0.250. The molecule has 1 aromatic heterocycles. The first-order chi connectivity index (χ1) is 9.01. The lowest BCUT2D eigenvalue weighted by atomic mass is 10.0. The molecule has 0 atom stereocenters. The molecule has 3 nitrogen and oxygen atoms in total. The number of nitrogens with zero attached hydrogens (tertiary/aromatic N) is 2. The summed E-state index contributed by atoms with van der Waals surface area (Å²) in [7, 11) is 0. The predicted octanol–water partition coefficient (Wildman–Crippen LogP) is 3.93. The molecule has 1 N–H and O–H groups in total. The second kappa shape index (κ2) is 5.11. The summed E-state index contributed by atoms with van der Waals surface area (Å²) in [4.78, 5) is 4.41. The van der Waals surface area contributed by atoms with E-state index in [1.807, 2.05) is 13.0 Å². The van der Waals surface area contributed by atoms with E-state index in [2.05, 4.69) is 49.3 Å². The van der Waals surface area contributed by atoms with Crippen molar-refractivity contribution in [2.45, 2.75) is 27.7 Å². The number of hydrogen-bond donors (Lipinski definition) is 1. The number of nitriles is 1. The van der Waals surface area contributed by atoms with Gasteiger partial charge in [-0.15, -0.1) is 0 Å². The van der Waals surface area contributed by atoms with Crippen LogP contribution in [0, 0.1) is 39.0 Å². The summed E-state index contributed by atoms with van der Waals surface area (Å²) in [5, 5.41) is 12.4. The molecule has 3 heteroatoms. The van der Waals surface area contributed by atoms with Crippen LogP contribution in [0.15, 0.2) is 24.3 Å². The first kappa shape index (κ1) is 13.1. The molecule has 0 saturated heterocycles. The zero-order valence-electron chi connectivity index (χ0n) is 11.7. The highest BCUT2D eigenvalue weighted by Crippen LogP contribution is 2.26. The van der Waals surface area contributed by atoms with Gasteiger partial charge in [0.15, 0.2) is 0 Å². The van der Waals surface area contributed by atoms with Gasteiger partial charge in [0.1, 0.15) is 11.9 Å². The average Bonchev–Trinajstić information content (AvgIpc) is 2.34. The fourth-order valence-electron chi connectivity index (χ4n) is 2.24.